The molecule has 27 heavy (non-hydrogen) atoms. The predicted octanol–water partition coefficient (Wildman–Crippen LogP) is 5.95. The van der Waals surface area contributed by atoms with Crippen LogP contribution in [-0.2, 0) is 0 Å². The molecule has 0 aliphatic carbocycles. The van der Waals surface area contributed by atoms with Crippen LogP contribution in [0.2, 0.25) is 0 Å². The van der Waals surface area contributed by atoms with Gasteiger partial charge in [0.15, 0.2) is 5.75 Å². The van der Waals surface area contributed by atoms with Gasteiger partial charge in [0.1, 0.15) is 5.60 Å². The maximum atomic E-state index is 11.5. The highest BCUT2D eigenvalue weighted by atomic mass is 16.6. The molecule has 0 unspecified atom stereocenters. The highest BCUT2D eigenvalue weighted by Crippen LogP contribution is 2.38. The number of benzene rings is 3. The van der Waals surface area contributed by atoms with Gasteiger partial charge in [-0.1, -0.05) is 66.7 Å². The summed E-state index contributed by atoms with van der Waals surface area (Å²) < 4.78 is 5.92. The van der Waals surface area contributed by atoms with Crippen LogP contribution in [0.4, 0.5) is 5.69 Å². The van der Waals surface area contributed by atoms with E-state index in [2.05, 4.69) is 24.3 Å². The van der Waals surface area contributed by atoms with Crippen molar-refractivity contribution in [2.75, 3.05) is 0 Å². The summed E-state index contributed by atoms with van der Waals surface area (Å²) in [6, 6.07) is 25.4. The standard InChI is InChI=1S/C23H23NO3/c1-23(2,3)27-21-16-19(14-15-20(21)24(25)26)22(17-10-6-4-7-11-17)18-12-8-5-9-13-18/h4-16,22H,1-3H3. The van der Waals surface area contributed by atoms with Gasteiger partial charge in [0.2, 0.25) is 0 Å². The van der Waals surface area contributed by atoms with Crippen molar-refractivity contribution in [2.24, 2.45) is 0 Å². The van der Waals surface area contributed by atoms with Crippen molar-refractivity contribution in [3.8, 4) is 5.75 Å². The van der Waals surface area contributed by atoms with Crippen LogP contribution in [0, 0.1) is 10.1 Å². The Kier molecular flexibility index (Phi) is 5.26. The Balaban J connectivity index is 2.15. The van der Waals surface area contributed by atoms with Gasteiger partial charge in [-0.25, -0.2) is 0 Å². The minimum atomic E-state index is -0.529. The molecule has 0 bridgehead atoms. The van der Waals surface area contributed by atoms with E-state index in [1.165, 1.54) is 6.07 Å². The third-order valence-corrected chi connectivity index (χ3v) is 4.20. The molecule has 0 aliphatic rings. The van der Waals surface area contributed by atoms with Crippen molar-refractivity contribution in [1.29, 1.82) is 0 Å². The lowest BCUT2D eigenvalue weighted by molar-refractivity contribution is -0.386. The lowest BCUT2D eigenvalue weighted by atomic mass is 9.85. The van der Waals surface area contributed by atoms with Crippen molar-refractivity contribution >= 4 is 5.69 Å². The second kappa shape index (κ2) is 7.62. The maximum Gasteiger partial charge on any atom is 0.310 e. The molecule has 0 radical (unpaired) electrons. The van der Waals surface area contributed by atoms with Crippen molar-refractivity contribution in [3.05, 3.63) is 106 Å². The number of rotatable bonds is 5. The second-order valence-electron chi connectivity index (χ2n) is 7.45. The smallest absolute Gasteiger partial charge is 0.310 e. The molecule has 4 nitrogen and oxygen atoms in total. The summed E-state index contributed by atoms with van der Waals surface area (Å²) in [5.41, 5.74) is 2.66. The summed E-state index contributed by atoms with van der Waals surface area (Å²) in [6.45, 7) is 5.65. The molecule has 0 heterocycles. The molecule has 0 N–H and O–H groups in total. The molecular weight excluding hydrogens is 338 g/mol. The largest absolute Gasteiger partial charge is 0.481 e. The van der Waals surface area contributed by atoms with Crippen LogP contribution in [0.3, 0.4) is 0 Å². The highest BCUT2D eigenvalue weighted by molar-refractivity contribution is 5.53. The molecule has 3 aromatic carbocycles. The molecule has 0 fully saturated rings. The second-order valence-corrected chi connectivity index (χ2v) is 7.45. The molecular formula is C23H23NO3. The van der Waals surface area contributed by atoms with E-state index in [1.807, 2.05) is 63.2 Å². The van der Waals surface area contributed by atoms with Crippen LogP contribution in [-0.4, -0.2) is 10.5 Å². The third-order valence-electron chi connectivity index (χ3n) is 4.20. The first kappa shape index (κ1) is 18.6. The molecule has 0 spiro atoms. The quantitative estimate of drug-likeness (QED) is 0.320. The van der Waals surface area contributed by atoms with Crippen LogP contribution in [0.5, 0.6) is 5.75 Å². The summed E-state index contributed by atoms with van der Waals surface area (Å²) in [6.07, 6.45) is 0. The number of ether oxygens (including phenoxy) is 1. The first-order valence-corrected chi connectivity index (χ1v) is 8.92. The van der Waals surface area contributed by atoms with Gasteiger partial charge in [-0.05, 0) is 43.5 Å². The fraction of sp³-hybridized carbons (Fsp3) is 0.217. The van der Waals surface area contributed by atoms with Crippen molar-refractivity contribution in [1.82, 2.24) is 0 Å². The number of nitro groups is 1. The van der Waals surface area contributed by atoms with Crippen molar-refractivity contribution in [3.63, 3.8) is 0 Å². The molecule has 0 aromatic heterocycles. The van der Waals surface area contributed by atoms with Gasteiger partial charge in [-0.15, -0.1) is 0 Å². The van der Waals surface area contributed by atoms with E-state index in [0.29, 0.717) is 5.75 Å². The third kappa shape index (κ3) is 4.53. The fourth-order valence-electron chi connectivity index (χ4n) is 3.14. The van der Waals surface area contributed by atoms with E-state index >= 15 is 0 Å². The maximum absolute atomic E-state index is 11.5. The van der Waals surface area contributed by atoms with Crippen LogP contribution in [0.15, 0.2) is 78.9 Å². The van der Waals surface area contributed by atoms with Crippen LogP contribution in [0.25, 0.3) is 0 Å². The predicted molar refractivity (Wildman–Crippen MR) is 107 cm³/mol. The molecule has 0 atom stereocenters. The number of hydrogen-bond donors (Lipinski definition) is 0. The Morgan fingerprint density at radius 2 is 1.33 bits per heavy atom. The Labute approximate surface area is 159 Å². The first-order chi connectivity index (χ1) is 12.8. The monoisotopic (exact) mass is 361 g/mol. The van der Waals surface area contributed by atoms with Gasteiger partial charge in [-0.2, -0.15) is 0 Å². The van der Waals surface area contributed by atoms with Gasteiger partial charge in [-0.3, -0.25) is 10.1 Å². The first-order valence-electron chi connectivity index (χ1n) is 8.92. The lowest BCUT2D eigenvalue weighted by Crippen LogP contribution is -2.23. The minimum absolute atomic E-state index is 0.0199. The van der Waals surface area contributed by atoms with Crippen LogP contribution < -0.4 is 4.74 Å². The highest BCUT2D eigenvalue weighted by Gasteiger charge is 2.24. The zero-order valence-corrected chi connectivity index (χ0v) is 15.8. The fourth-order valence-corrected chi connectivity index (χ4v) is 3.14. The van der Waals surface area contributed by atoms with E-state index in [4.69, 9.17) is 4.74 Å². The number of nitrogens with zero attached hydrogens (tertiary/aromatic N) is 1. The van der Waals surface area contributed by atoms with Gasteiger partial charge in [0.05, 0.1) is 4.92 Å². The molecule has 0 saturated heterocycles. The average molecular weight is 361 g/mol. The molecule has 3 rings (SSSR count). The van der Waals surface area contributed by atoms with Gasteiger partial charge in [0.25, 0.3) is 0 Å². The van der Waals surface area contributed by atoms with Crippen molar-refractivity contribution in [2.45, 2.75) is 32.3 Å². The van der Waals surface area contributed by atoms with E-state index in [9.17, 15) is 10.1 Å². The number of nitro benzene ring substituents is 1. The Morgan fingerprint density at radius 1 is 0.815 bits per heavy atom. The Hall–Kier alpha value is -3.14. The molecule has 0 aliphatic heterocycles. The van der Waals surface area contributed by atoms with Gasteiger partial charge in [0, 0.05) is 12.0 Å². The van der Waals surface area contributed by atoms with Crippen LogP contribution in [0.1, 0.15) is 43.4 Å². The van der Waals surface area contributed by atoms with Crippen LogP contribution >= 0.6 is 0 Å². The van der Waals surface area contributed by atoms with E-state index in [-0.39, 0.29) is 11.6 Å². The minimum Gasteiger partial charge on any atom is -0.481 e. The lowest BCUT2D eigenvalue weighted by Gasteiger charge is -2.23. The Bertz CT molecular complexity index is 876. The zero-order chi connectivity index (χ0) is 19.4. The van der Waals surface area contributed by atoms with E-state index in [1.54, 1.807) is 6.07 Å². The normalized spacial score (nSPS) is 11.4. The summed E-state index contributed by atoms with van der Waals surface area (Å²) >= 11 is 0. The summed E-state index contributed by atoms with van der Waals surface area (Å²) in [5, 5.41) is 11.5. The Morgan fingerprint density at radius 3 is 1.78 bits per heavy atom. The molecule has 4 heteroatoms. The van der Waals surface area contributed by atoms with Gasteiger partial charge >= 0.3 is 5.69 Å². The van der Waals surface area contributed by atoms with Crippen molar-refractivity contribution < 1.29 is 9.66 Å². The number of hydrogen-bond acceptors (Lipinski definition) is 3. The zero-order valence-electron chi connectivity index (χ0n) is 15.8. The van der Waals surface area contributed by atoms with E-state index in [0.717, 1.165) is 16.7 Å². The molecule has 0 amide bonds. The molecule has 3 aromatic rings. The summed E-state index contributed by atoms with van der Waals surface area (Å²) in [4.78, 5) is 11.1. The SMILES string of the molecule is CC(C)(C)Oc1cc(C(c2ccccc2)c2ccccc2)ccc1[N+](=O)[O-]. The summed E-state index contributed by atoms with van der Waals surface area (Å²) in [5.74, 6) is 0.261. The average Bonchev–Trinajstić information content (AvgIpc) is 2.62. The molecule has 0 saturated carbocycles. The van der Waals surface area contributed by atoms with E-state index < -0.39 is 10.5 Å². The molecule has 138 valence electrons. The summed E-state index contributed by atoms with van der Waals surface area (Å²) in [7, 11) is 0. The topological polar surface area (TPSA) is 52.4 Å². The van der Waals surface area contributed by atoms with Gasteiger partial charge < -0.3 is 4.74 Å².